The molecule has 0 aromatic carbocycles. The van der Waals surface area contributed by atoms with Crippen LogP contribution in [-0.2, 0) is 9.53 Å². The van der Waals surface area contributed by atoms with Crippen LogP contribution >= 0.6 is 23.2 Å². The molecule has 1 aliphatic carbocycles. The van der Waals surface area contributed by atoms with Gasteiger partial charge in [0, 0.05) is 0 Å². The first-order valence-electron chi connectivity index (χ1n) is 4.13. The molecule has 0 aromatic heterocycles. The molecule has 0 saturated heterocycles. The molecule has 0 aliphatic heterocycles. The second-order valence-corrected chi connectivity index (χ2v) is 3.79. The summed E-state index contributed by atoms with van der Waals surface area (Å²) in [7, 11) is 0. The van der Waals surface area contributed by atoms with Gasteiger partial charge in [0.1, 0.15) is 12.0 Å². The Morgan fingerprint density at radius 3 is 2.67 bits per heavy atom. The molecule has 1 fully saturated rings. The summed E-state index contributed by atoms with van der Waals surface area (Å²) >= 11 is 11.3. The van der Waals surface area contributed by atoms with Crippen molar-refractivity contribution >= 4 is 29.2 Å². The van der Waals surface area contributed by atoms with Gasteiger partial charge < -0.3 is 4.74 Å². The van der Waals surface area contributed by atoms with E-state index < -0.39 is 0 Å². The first-order valence-corrected chi connectivity index (χ1v) is 5.10. The van der Waals surface area contributed by atoms with Crippen LogP contribution in [0.15, 0.2) is 0 Å². The molecule has 0 N–H and O–H groups in total. The molecule has 0 amide bonds. The average molecular weight is 211 g/mol. The van der Waals surface area contributed by atoms with Crippen LogP contribution in [0.5, 0.6) is 0 Å². The van der Waals surface area contributed by atoms with E-state index >= 15 is 0 Å². The summed E-state index contributed by atoms with van der Waals surface area (Å²) in [6, 6.07) is 0. The Morgan fingerprint density at radius 2 is 2.08 bits per heavy atom. The molecular formula is C8H12Cl2O2. The maximum absolute atomic E-state index is 10.8. The van der Waals surface area contributed by atoms with Crippen molar-refractivity contribution in [2.45, 2.75) is 37.2 Å². The van der Waals surface area contributed by atoms with Gasteiger partial charge in [-0.15, -0.1) is 23.2 Å². The van der Waals surface area contributed by atoms with Crippen molar-refractivity contribution in [1.82, 2.24) is 0 Å². The zero-order valence-corrected chi connectivity index (χ0v) is 8.27. The van der Waals surface area contributed by atoms with E-state index in [1.54, 1.807) is 0 Å². The van der Waals surface area contributed by atoms with Crippen LogP contribution in [-0.4, -0.2) is 23.3 Å². The van der Waals surface area contributed by atoms with Crippen molar-refractivity contribution < 1.29 is 9.53 Å². The van der Waals surface area contributed by atoms with Crippen molar-refractivity contribution in [3.63, 3.8) is 0 Å². The summed E-state index contributed by atoms with van der Waals surface area (Å²) in [6.07, 6.45) is 3.90. The number of carbonyl (C=O) groups excluding carboxylic acids is 1. The van der Waals surface area contributed by atoms with Crippen LogP contribution in [0.25, 0.3) is 0 Å². The Hall–Kier alpha value is 0.0500. The molecule has 1 saturated carbocycles. The maximum atomic E-state index is 10.8. The number of alkyl halides is 2. The van der Waals surface area contributed by atoms with Crippen LogP contribution in [0.2, 0.25) is 0 Å². The summed E-state index contributed by atoms with van der Waals surface area (Å²) in [5.74, 6) is -0.450. The highest BCUT2D eigenvalue weighted by Gasteiger charge is 2.25. The van der Waals surface area contributed by atoms with Gasteiger partial charge in [0.25, 0.3) is 0 Å². The Labute approximate surface area is 82.2 Å². The zero-order valence-electron chi connectivity index (χ0n) is 6.76. The van der Waals surface area contributed by atoms with E-state index in [1.165, 1.54) is 0 Å². The van der Waals surface area contributed by atoms with E-state index in [0.29, 0.717) is 0 Å². The number of rotatable bonds is 2. The third-order valence-corrected chi connectivity index (χ3v) is 2.73. The lowest BCUT2D eigenvalue weighted by atomic mass is 9.97. The monoisotopic (exact) mass is 210 g/mol. The van der Waals surface area contributed by atoms with Gasteiger partial charge in [0.15, 0.2) is 0 Å². The second kappa shape index (κ2) is 4.93. The van der Waals surface area contributed by atoms with Gasteiger partial charge in [0.2, 0.25) is 0 Å². The quantitative estimate of drug-likeness (QED) is 0.517. The third-order valence-electron chi connectivity index (χ3n) is 2.01. The van der Waals surface area contributed by atoms with Gasteiger partial charge in [-0.05, 0) is 19.3 Å². The van der Waals surface area contributed by atoms with Crippen molar-refractivity contribution in [2.24, 2.45) is 0 Å². The number of esters is 1. The second-order valence-electron chi connectivity index (χ2n) is 2.96. The van der Waals surface area contributed by atoms with Gasteiger partial charge in [-0.3, -0.25) is 4.79 Å². The van der Waals surface area contributed by atoms with E-state index in [1.807, 2.05) is 0 Å². The van der Waals surface area contributed by atoms with Crippen LogP contribution in [0.1, 0.15) is 25.7 Å². The van der Waals surface area contributed by atoms with E-state index in [2.05, 4.69) is 0 Å². The molecule has 2 atom stereocenters. The van der Waals surface area contributed by atoms with Crippen molar-refractivity contribution in [3.05, 3.63) is 0 Å². The van der Waals surface area contributed by atoms with Crippen molar-refractivity contribution in [1.29, 1.82) is 0 Å². The van der Waals surface area contributed by atoms with E-state index in [-0.39, 0.29) is 23.3 Å². The number of halogens is 2. The molecule has 0 bridgehead atoms. The Kier molecular flexibility index (Phi) is 4.16. The predicted octanol–water partition coefficient (Wildman–Crippen LogP) is 2.32. The highest BCUT2D eigenvalue weighted by Crippen LogP contribution is 2.25. The SMILES string of the molecule is O=C(CCl)OC1CCCCC1Cl. The van der Waals surface area contributed by atoms with Crippen molar-refractivity contribution in [2.75, 3.05) is 5.88 Å². The molecule has 0 aromatic rings. The Bertz CT molecular complexity index is 161. The standard InChI is InChI=1S/C8H12Cl2O2/c9-5-8(11)12-7-4-2-1-3-6(7)10/h6-7H,1-5H2. The molecule has 0 spiro atoms. The van der Waals surface area contributed by atoms with Crippen LogP contribution in [0.3, 0.4) is 0 Å². The lowest BCUT2D eigenvalue weighted by molar-refractivity contribution is -0.147. The number of ether oxygens (including phenoxy) is 1. The van der Waals surface area contributed by atoms with Gasteiger partial charge >= 0.3 is 5.97 Å². The number of carbonyl (C=O) groups is 1. The third kappa shape index (κ3) is 2.83. The summed E-state index contributed by atoms with van der Waals surface area (Å²) < 4.78 is 5.05. The molecule has 0 radical (unpaired) electrons. The fourth-order valence-corrected chi connectivity index (χ4v) is 1.78. The average Bonchev–Trinajstić information content (AvgIpc) is 2.09. The smallest absolute Gasteiger partial charge is 0.321 e. The Morgan fingerprint density at radius 1 is 1.42 bits per heavy atom. The zero-order chi connectivity index (χ0) is 8.97. The highest BCUT2D eigenvalue weighted by atomic mass is 35.5. The highest BCUT2D eigenvalue weighted by molar-refractivity contribution is 6.26. The van der Waals surface area contributed by atoms with Gasteiger partial charge in [-0.2, -0.15) is 0 Å². The van der Waals surface area contributed by atoms with Gasteiger partial charge in [0.05, 0.1) is 5.38 Å². The minimum atomic E-state index is -0.366. The number of hydrogen-bond donors (Lipinski definition) is 0. The van der Waals surface area contributed by atoms with Crippen LogP contribution in [0, 0.1) is 0 Å². The molecular weight excluding hydrogens is 199 g/mol. The molecule has 2 unspecified atom stereocenters. The lowest BCUT2D eigenvalue weighted by Gasteiger charge is -2.26. The fraction of sp³-hybridized carbons (Fsp3) is 0.875. The van der Waals surface area contributed by atoms with E-state index in [4.69, 9.17) is 27.9 Å². The van der Waals surface area contributed by atoms with Gasteiger partial charge in [-0.1, -0.05) is 6.42 Å². The summed E-state index contributed by atoms with van der Waals surface area (Å²) in [6.45, 7) is 0. The van der Waals surface area contributed by atoms with Crippen LogP contribution in [0.4, 0.5) is 0 Å². The van der Waals surface area contributed by atoms with Gasteiger partial charge in [-0.25, -0.2) is 0 Å². The summed E-state index contributed by atoms with van der Waals surface area (Å²) in [4.78, 5) is 10.8. The molecule has 1 aliphatic rings. The molecule has 4 heteroatoms. The first kappa shape index (κ1) is 10.1. The van der Waals surface area contributed by atoms with Crippen molar-refractivity contribution in [3.8, 4) is 0 Å². The normalized spacial score (nSPS) is 29.8. The molecule has 1 rings (SSSR count). The first-order chi connectivity index (χ1) is 5.74. The lowest BCUT2D eigenvalue weighted by Crippen LogP contribution is -2.31. The Balaban J connectivity index is 2.33. The molecule has 12 heavy (non-hydrogen) atoms. The predicted molar refractivity (Wildman–Crippen MR) is 48.7 cm³/mol. The summed E-state index contributed by atoms with van der Waals surface area (Å²) in [5, 5.41) is -0.0223. The fourth-order valence-electron chi connectivity index (χ4n) is 1.38. The topological polar surface area (TPSA) is 26.3 Å². The maximum Gasteiger partial charge on any atom is 0.321 e. The summed E-state index contributed by atoms with van der Waals surface area (Å²) in [5.41, 5.74) is 0. The van der Waals surface area contributed by atoms with E-state index in [9.17, 15) is 4.79 Å². The van der Waals surface area contributed by atoms with E-state index in [0.717, 1.165) is 25.7 Å². The molecule has 0 heterocycles. The minimum Gasteiger partial charge on any atom is -0.460 e. The minimum absolute atomic E-state index is 0.0223. The molecule has 70 valence electrons. The largest absolute Gasteiger partial charge is 0.460 e. The number of hydrogen-bond acceptors (Lipinski definition) is 2. The molecule has 2 nitrogen and oxygen atoms in total. The van der Waals surface area contributed by atoms with Crippen LogP contribution < -0.4 is 0 Å².